The molecule has 0 bridgehead atoms. The summed E-state index contributed by atoms with van der Waals surface area (Å²) >= 11 is 5.48. The van der Waals surface area contributed by atoms with E-state index in [4.69, 9.17) is 17.0 Å². The standard InChI is InChI=1S/C20H28N6OS/c1-26(2)18-12-13-21-19(25-18)22-14-8-10-15(11-9-14)23-20(28)24-16-6-4-5-7-17(16)27-3/h4-7,12-15H,8-11H2,1-3H3,(H,21,22,25)(H2,23,24,28). The Morgan fingerprint density at radius 2 is 1.82 bits per heavy atom. The predicted molar refractivity (Wildman–Crippen MR) is 118 cm³/mol. The average molecular weight is 401 g/mol. The van der Waals surface area contributed by atoms with Crippen molar-refractivity contribution >= 4 is 34.8 Å². The molecular weight excluding hydrogens is 372 g/mol. The first kappa shape index (κ1) is 20.1. The quantitative estimate of drug-likeness (QED) is 0.638. The maximum atomic E-state index is 5.48. The third-order valence-electron chi connectivity index (χ3n) is 4.85. The van der Waals surface area contributed by atoms with Crippen molar-refractivity contribution < 1.29 is 4.74 Å². The van der Waals surface area contributed by atoms with Crippen LogP contribution in [-0.2, 0) is 0 Å². The van der Waals surface area contributed by atoms with Crippen LogP contribution in [-0.4, -0.2) is 48.4 Å². The number of ether oxygens (including phenoxy) is 1. The molecule has 1 saturated carbocycles. The number of rotatable bonds is 6. The van der Waals surface area contributed by atoms with Gasteiger partial charge in [0.05, 0.1) is 12.8 Å². The molecular formula is C20H28N6OS. The summed E-state index contributed by atoms with van der Waals surface area (Å²) < 4.78 is 5.36. The van der Waals surface area contributed by atoms with Crippen LogP contribution in [0.15, 0.2) is 36.5 Å². The van der Waals surface area contributed by atoms with E-state index in [2.05, 4.69) is 25.9 Å². The first-order chi connectivity index (χ1) is 13.5. The summed E-state index contributed by atoms with van der Waals surface area (Å²) in [7, 11) is 5.61. The van der Waals surface area contributed by atoms with Gasteiger partial charge in [-0.05, 0) is 56.1 Å². The molecule has 3 rings (SSSR count). The third kappa shape index (κ3) is 5.45. The summed E-state index contributed by atoms with van der Waals surface area (Å²) in [6.45, 7) is 0. The zero-order chi connectivity index (χ0) is 19.9. The number of aromatic nitrogens is 2. The number of hydrogen-bond acceptors (Lipinski definition) is 6. The van der Waals surface area contributed by atoms with Crippen LogP contribution in [0.25, 0.3) is 0 Å². The molecule has 1 heterocycles. The normalized spacial score (nSPS) is 18.8. The van der Waals surface area contributed by atoms with Gasteiger partial charge in [0.2, 0.25) is 5.95 Å². The van der Waals surface area contributed by atoms with Crippen molar-refractivity contribution in [1.29, 1.82) is 0 Å². The van der Waals surface area contributed by atoms with Gasteiger partial charge in [0.25, 0.3) is 0 Å². The van der Waals surface area contributed by atoms with Gasteiger partial charge in [-0.3, -0.25) is 0 Å². The van der Waals surface area contributed by atoms with E-state index in [-0.39, 0.29) is 0 Å². The summed E-state index contributed by atoms with van der Waals surface area (Å²) in [6.07, 6.45) is 5.96. The molecule has 1 aromatic heterocycles. The number of hydrogen-bond donors (Lipinski definition) is 3. The van der Waals surface area contributed by atoms with E-state index in [1.54, 1.807) is 13.3 Å². The van der Waals surface area contributed by atoms with Gasteiger partial charge in [0.15, 0.2) is 5.11 Å². The van der Waals surface area contributed by atoms with Crippen LogP contribution in [0, 0.1) is 0 Å². The van der Waals surface area contributed by atoms with Crippen LogP contribution in [0.4, 0.5) is 17.5 Å². The van der Waals surface area contributed by atoms with Crippen molar-refractivity contribution in [3.05, 3.63) is 36.5 Å². The molecule has 8 heteroatoms. The molecule has 7 nitrogen and oxygen atoms in total. The van der Waals surface area contributed by atoms with Gasteiger partial charge in [0.1, 0.15) is 11.6 Å². The van der Waals surface area contributed by atoms with Crippen molar-refractivity contribution in [2.45, 2.75) is 37.8 Å². The molecule has 28 heavy (non-hydrogen) atoms. The topological polar surface area (TPSA) is 74.3 Å². The second kappa shape index (κ2) is 9.54. The van der Waals surface area contributed by atoms with Gasteiger partial charge in [-0.2, -0.15) is 4.98 Å². The van der Waals surface area contributed by atoms with Gasteiger partial charge in [0, 0.05) is 32.4 Å². The molecule has 0 amide bonds. The van der Waals surface area contributed by atoms with Gasteiger partial charge in [-0.15, -0.1) is 0 Å². The van der Waals surface area contributed by atoms with E-state index < -0.39 is 0 Å². The first-order valence-electron chi connectivity index (χ1n) is 9.52. The lowest BCUT2D eigenvalue weighted by Crippen LogP contribution is -2.42. The molecule has 0 atom stereocenters. The van der Waals surface area contributed by atoms with Crippen molar-refractivity contribution in [2.75, 3.05) is 36.7 Å². The SMILES string of the molecule is COc1ccccc1NC(=S)NC1CCC(Nc2nccc(N(C)C)n2)CC1. The summed E-state index contributed by atoms with van der Waals surface area (Å²) in [4.78, 5) is 10.9. The smallest absolute Gasteiger partial charge is 0.224 e. The molecule has 3 N–H and O–H groups in total. The Bertz CT molecular complexity index is 792. The van der Waals surface area contributed by atoms with E-state index in [9.17, 15) is 0 Å². The Labute approximate surface area is 171 Å². The predicted octanol–water partition coefficient (Wildman–Crippen LogP) is 3.26. The largest absolute Gasteiger partial charge is 0.495 e. The lowest BCUT2D eigenvalue weighted by Gasteiger charge is -2.30. The monoisotopic (exact) mass is 400 g/mol. The molecule has 1 aliphatic carbocycles. The zero-order valence-corrected chi connectivity index (χ0v) is 17.4. The van der Waals surface area contributed by atoms with E-state index in [1.165, 1.54) is 0 Å². The Hall–Kier alpha value is -2.61. The maximum Gasteiger partial charge on any atom is 0.224 e. The summed E-state index contributed by atoms with van der Waals surface area (Å²) in [5.74, 6) is 2.37. The highest BCUT2D eigenvalue weighted by Crippen LogP contribution is 2.24. The van der Waals surface area contributed by atoms with Crippen LogP contribution in [0.1, 0.15) is 25.7 Å². The van der Waals surface area contributed by atoms with Crippen LogP contribution < -0.4 is 25.6 Å². The summed E-state index contributed by atoms with van der Waals surface area (Å²) in [6, 6.07) is 10.4. The highest BCUT2D eigenvalue weighted by Gasteiger charge is 2.22. The molecule has 150 valence electrons. The van der Waals surface area contributed by atoms with Gasteiger partial charge < -0.3 is 25.6 Å². The molecule has 0 unspecified atom stereocenters. The number of methoxy groups -OCH3 is 1. The number of nitrogens with zero attached hydrogens (tertiary/aromatic N) is 3. The zero-order valence-electron chi connectivity index (χ0n) is 16.6. The average Bonchev–Trinajstić information content (AvgIpc) is 2.70. The minimum absolute atomic E-state index is 0.363. The summed E-state index contributed by atoms with van der Waals surface area (Å²) in [5, 5.41) is 10.7. The molecule has 1 aromatic carbocycles. The van der Waals surface area contributed by atoms with Crippen LogP contribution in [0.3, 0.4) is 0 Å². The molecule has 1 fully saturated rings. The van der Waals surface area contributed by atoms with Crippen molar-refractivity contribution in [3.63, 3.8) is 0 Å². The number of thiocarbonyl (C=S) groups is 1. The van der Waals surface area contributed by atoms with Gasteiger partial charge >= 0.3 is 0 Å². The highest BCUT2D eigenvalue weighted by atomic mass is 32.1. The first-order valence-corrected chi connectivity index (χ1v) is 9.93. The minimum Gasteiger partial charge on any atom is -0.495 e. The lowest BCUT2D eigenvalue weighted by molar-refractivity contribution is 0.387. The van der Waals surface area contributed by atoms with E-state index in [1.807, 2.05) is 49.3 Å². The lowest BCUT2D eigenvalue weighted by atomic mass is 9.91. The van der Waals surface area contributed by atoms with E-state index in [0.717, 1.165) is 42.9 Å². The van der Waals surface area contributed by atoms with Gasteiger partial charge in [-0.25, -0.2) is 4.98 Å². The molecule has 1 aliphatic rings. The van der Waals surface area contributed by atoms with Crippen LogP contribution >= 0.6 is 12.2 Å². The highest BCUT2D eigenvalue weighted by molar-refractivity contribution is 7.80. The number of nitrogens with one attached hydrogen (secondary N) is 3. The van der Waals surface area contributed by atoms with Crippen molar-refractivity contribution in [2.24, 2.45) is 0 Å². The second-order valence-corrected chi connectivity index (χ2v) is 7.53. The number of anilines is 3. The van der Waals surface area contributed by atoms with Crippen LogP contribution in [0.5, 0.6) is 5.75 Å². The van der Waals surface area contributed by atoms with Gasteiger partial charge in [-0.1, -0.05) is 12.1 Å². The number of benzene rings is 1. The molecule has 0 aliphatic heterocycles. The van der Waals surface area contributed by atoms with Crippen molar-refractivity contribution in [3.8, 4) is 5.75 Å². The fourth-order valence-corrected chi connectivity index (χ4v) is 3.60. The van der Waals surface area contributed by atoms with Crippen molar-refractivity contribution in [1.82, 2.24) is 15.3 Å². The molecule has 0 radical (unpaired) electrons. The fraction of sp³-hybridized carbons (Fsp3) is 0.450. The van der Waals surface area contributed by atoms with E-state index >= 15 is 0 Å². The fourth-order valence-electron chi connectivity index (χ4n) is 3.32. The van der Waals surface area contributed by atoms with Crippen LogP contribution in [0.2, 0.25) is 0 Å². The summed E-state index contributed by atoms with van der Waals surface area (Å²) in [5.41, 5.74) is 0.871. The Morgan fingerprint density at radius 1 is 1.11 bits per heavy atom. The third-order valence-corrected chi connectivity index (χ3v) is 5.07. The Balaban J connectivity index is 1.46. The maximum absolute atomic E-state index is 5.48. The molecule has 2 aromatic rings. The molecule has 0 saturated heterocycles. The molecule has 0 spiro atoms. The second-order valence-electron chi connectivity index (χ2n) is 7.12. The minimum atomic E-state index is 0.363. The number of para-hydroxylation sites is 2. The Kier molecular flexibility index (Phi) is 6.86. The Morgan fingerprint density at radius 3 is 2.54 bits per heavy atom. The van der Waals surface area contributed by atoms with E-state index in [0.29, 0.717) is 23.1 Å².